The lowest BCUT2D eigenvalue weighted by Crippen LogP contribution is -2.26. The summed E-state index contributed by atoms with van der Waals surface area (Å²) in [7, 11) is 0. The SMILES string of the molecule is O=c1c2cncc(NCCO)c2ccn1Cc1ccc2cc(CNCC3CCC3)[nH]c2c1. The third-order valence-electron chi connectivity index (χ3n) is 6.40. The number of aliphatic hydroxyl groups is 1. The van der Waals surface area contributed by atoms with Crippen LogP contribution in [0.15, 0.2) is 53.7 Å². The zero-order valence-corrected chi connectivity index (χ0v) is 18.1. The molecule has 0 spiro atoms. The minimum Gasteiger partial charge on any atom is -0.395 e. The molecule has 1 aliphatic carbocycles. The third-order valence-corrected chi connectivity index (χ3v) is 6.40. The first-order valence-corrected chi connectivity index (χ1v) is 11.3. The molecule has 0 aliphatic heterocycles. The van der Waals surface area contributed by atoms with Crippen LogP contribution in [0.2, 0.25) is 0 Å². The van der Waals surface area contributed by atoms with Crippen LogP contribution in [-0.4, -0.2) is 39.3 Å². The van der Waals surface area contributed by atoms with Crippen molar-refractivity contribution in [2.24, 2.45) is 5.92 Å². The van der Waals surface area contributed by atoms with E-state index in [1.54, 1.807) is 17.0 Å². The molecule has 0 amide bonds. The highest BCUT2D eigenvalue weighted by Gasteiger charge is 2.16. The Labute approximate surface area is 186 Å². The highest BCUT2D eigenvalue weighted by atomic mass is 16.3. The fraction of sp³-hybridized carbons (Fsp3) is 0.360. The molecule has 32 heavy (non-hydrogen) atoms. The van der Waals surface area contributed by atoms with Crippen molar-refractivity contribution in [3.05, 3.63) is 70.5 Å². The summed E-state index contributed by atoms with van der Waals surface area (Å²) in [5.74, 6) is 0.850. The number of nitrogens with zero attached hydrogens (tertiary/aromatic N) is 2. The Balaban J connectivity index is 1.34. The molecule has 4 aromatic rings. The summed E-state index contributed by atoms with van der Waals surface area (Å²) in [6.45, 7) is 2.88. The Hall–Kier alpha value is -3.16. The second-order valence-corrected chi connectivity index (χ2v) is 8.69. The summed E-state index contributed by atoms with van der Waals surface area (Å²) in [5, 5.41) is 18.3. The summed E-state index contributed by atoms with van der Waals surface area (Å²) >= 11 is 0. The fourth-order valence-corrected chi connectivity index (χ4v) is 4.40. The molecule has 1 aromatic carbocycles. The van der Waals surface area contributed by atoms with E-state index in [1.807, 2.05) is 12.3 Å². The quantitative estimate of drug-likeness (QED) is 0.326. The first-order chi connectivity index (χ1) is 15.7. The number of aromatic amines is 1. The van der Waals surface area contributed by atoms with Crippen molar-refractivity contribution < 1.29 is 5.11 Å². The van der Waals surface area contributed by atoms with Crippen molar-refractivity contribution in [2.75, 3.05) is 25.0 Å². The zero-order chi connectivity index (χ0) is 21.9. The molecule has 3 aromatic heterocycles. The maximum absolute atomic E-state index is 13.1. The molecule has 1 saturated carbocycles. The molecule has 3 heterocycles. The summed E-state index contributed by atoms with van der Waals surface area (Å²) in [5.41, 5.74) is 4.03. The molecule has 0 saturated heterocycles. The number of aromatic nitrogens is 3. The first kappa shape index (κ1) is 20.7. The number of anilines is 1. The van der Waals surface area contributed by atoms with Crippen LogP contribution in [0.4, 0.5) is 5.69 Å². The van der Waals surface area contributed by atoms with Gasteiger partial charge in [-0.1, -0.05) is 18.6 Å². The largest absolute Gasteiger partial charge is 0.395 e. The van der Waals surface area contributed by atoms with E-state index in [4.69, 9.17) is 5.11 Å². The normalized spacial score (nSPS) is 14.2. The minimum atomic E-state index is -0.0740. The monoisotopic (exact) mass is 431 g/mol. The molecular weight excluding hydrogens is 402 g/mol. The number of pyridine rings is 2. The first-order valence-electron chi connectivity index (χ1n) is 11.3. The summed E-state index contributed by atoms with van der Waals surface area (Å²) < 4.78 is 1.71. The zero-order valence-electron chi connectivity index (χ0n) is 18.1. The van der Waals surface area contributed by atoms with E-state index < -0.39 is 0 Å². The van der Waals surface area contributed by atoms with Crippen LogP contribution < -0.4 is 16.2 Å². The van der Waals surface area contributed by atoms with E-state index in [9.17, 15) is 4.79 Å². The Morgan fingerprint density at radius 3 is 2.88 bits per heavy atom. The van der Waals surface area contributed by atoms with E-state index in [2.05, 4.69) is 44.9 Å². The summed E-state index contributed by atoms with van der Waals surface area (Å²) in [6, 6.07) is 10.4. The van der Waals surface area contributed by atoms with Crippen molar-refractivity contribution in [2.45, 2.75) is 32.4 Å². The van der Waals surface area contributed by atoms with E-state index in [0.29, 0.717) is 18.5 Å². The number of rotatable bonds is 9. The number of hydrogen-bond donors (Lipinski definition) is 4. The lowest BCUT2D eigenvalue weighted by molar-refractivity contribution is 0.301. The van der Waals surface area contributed by atoms with Gasteiger partial charge < -0.3 is 25.3 Å². The number of H-pyrrole nitrogens is 1. The summed E-state index contributed by atoms with van der Waals surface area (Å²) in [4.78, 5) is 20.8. The molecule has 0 radical (unpaired) electrons. The summed E-state index contributed by atoms with van der Waals surface area (Å²) in [6.07, 6.45) is 9.19. The number of fused-ring (bicyclic) bond motifs is 2. The average Bonchev–Trinajstić information content (AvgIpc) is 3.18. The standard InChI is InChI=1S/C25H29N5O2/c31-9-7-28-24-15-27-14-22-21(24)6-8-30(25(22)32)16-18-4-5-19-11-20(29-23(19)10-18)13-26-12-17-2-1-3-17/h4-6,8,10-11,14-15,17,26,28-29,31H,1-3,7,9,12-13,16H2. The molecule has 0 bridgehead atoms. The van der Waals surface area contributed by atoms with Gasteiger partial charge in [0.15, 0.2) is 0 Å². The van der Waals surface area contributed by atoms with Crippen molar-refractivity contribution in [3.63, 3.8) is 0 Å². The fourth-order valence-electron chi connectivity index (χ4n) is 4.40. The predicted molar refractivity (Wildman–Crippen MR) is 128 cm³/mol. The van der Waals surface area contributed by atoms with Crippen molar-refractivity contribution in [1.82, 2.24) is 19.9 Å². The number of hydrogen-bond acceptors (Lipinski definition) is 5. The average molecular weight is 432 g/mol. The molecule has 1 fully saturated rings. The molecule has 0 atom stereocenters. The van der Waals surface area contributed by atoms with Crippen molar-refractivity contribution >= 4 is 27.4 Å². The molecule has 4 N–H and O–H groups in total. The number of aliphatic hydroxyl groups excluding tert-OH is 1. The van der Waals surface area contributed by atoms with Crippen molar-refractivity contribution in [1.29, 1.82) is 0 Å². The van der Waals surface area contributed by atoms with Crippen molar-refractivity contribution in [3.8, 4) is 0 Å². The molecule has 5 rings (SSSR count). The maximum Gasteiger partial charge on any atom is 0.260 e. The van der Waals surface area contributed by atoms with Gasteiger partial charge in [-0.05, 0) is 54.5 Å². The second-order valence-electron chi connectivity index (χ2n) is 8.69. The highest BCUT2D eigenvalue weighted by Crippen LogP contribution is 2.25. The smallest absolute Gasteiger partial charge is 0.260 e. The van der Waals surface area contributed by atoms with Gasteiger partial charge in [0, 0.05) is 42.1 Å². The Morgan fingerprint density at radius 1 is 1.16 bits per heavy atom. The second kappa shape index (κ2) is 9.14. The molecule has 1 aliphatic rings. The van der Waals surface area contributed by atoms with Gasteiger partial charge in [-0.25, -0.2) is 0 Å². The Bertz CT molecular complexity index is 1290. The van der Waals surface area contributed by atoms with Gasteiger partial charge in [0.05, 0.1) is 30.4 Å². The van der Waals surface area contributed by atoms with Crippen LogP contribution in [0.25, 0.3) is 21.7 Å². The lowest BCUT2D eigenvalue weighted by atomic mass is 9.85. The van der Waals surface area contributed by atoms with Crippen LogP contribution in [0.5, 0.6) is 0 Å². The van der Waals surface area contributed by atoms with Crippen LogP contribution in [0, 0.1) is 5.92 Å². The number of nitrogens with one attached hydrogen (secondary N) is 3. The van der Waals surface area contributed by atoms with E-state index >= 15 is 0 Å². The van der Waals surface area contributed by atoms with Gasteiger partial charge in [-0.2, -0.15) is 0 Å². The minimum absolute atomic E-state index is 0.0208. The van der Waals surface area contributed by atoms with E-state index in [-0.39, 0.29) is 12.2 Å². The maximum atomic E-state index is 13.1. The van der Waals surface area contributed by atoms with Gasteiger partial charge in [-0.3, -0.25) is 9.78 Å². The number of benzene rings is 1. The highest BCUT2D eigenvalue weighted by molar-refractivity contribution is 5.92. The third kappa shape index (κ3) is 4.26. The van der Waals surface area contributed by atoms with E-state index in [0.717, 1.165) is 41.2 Å². The van der Waals surface area contributed by atoms with Crippen LogP contribution in [0.1, 0.15) is 30.5 Å². The topological polar surface area (TPSA) is 95.0 Å². The molecule has 0 unspecified atom stereocenters. The molecular formula is C25H29N5O2. The van der Waals surface area contributed by atoms with Gasteiger partial charge >= 0.3 is 0 Å². The molecule has 7 heteroatoms. The van der Waals surface area contributed by atoms with Crippen LogP contribution in [0.3, 0.4) is 0 Å². The Morgan fingerprint density at radius 2 is 2.06 bits per heavy atom. The van der Waals surface area contributed by atoms with Gasteiger partial charge in [0.1, 0.15) is 0 Å². The molecule has 166 valence electrons. The van der Waals surface area contributed by atoms with Gasteiger partial charge in [-0.15, -0.1) is 0 Å². The van der Waals surface area contributed by atoms with E-state index in [1.165, 1.54) is 30.3 Å². The van der Waals surface area contributed by atoms with Gasteiger partial charge in [0.2, 0.25) is 0 Å². The van der Waals surface area contributed by atoms with Crippen LogP contribution in [-0.2, 0) is 13.1 Å². The van der Waals surface area contributed by atoms with Gasteiger partial charge in [0.25, 0.3) is 5.56 Å². The predicted octanol–water partition coefficient (Wildman–Crippen LogP) is 3.22. The lowest BCUT2D eigenvalue weighted by Gasteiger charge is -2.25. The van der Waals surface area contributed by atoms with Crippen LogP contribution >= 0.6 is 0 Å². The molecule has 7 nitrogen and oxygen atoms in total. The Kier molecular flexibility index (Phi) is 5.92.